The zero-order valence-corrected chi connectivity index (χ0v) is 11.5. The fourth-order valence-corrected chi connectivity index (χ4v) is 2.03. The highest BCUT2D eigenvalue weighted by atomic mass is 79.9. The Morgan fingerprint density at radius 3 is 2.61 bits per heavy atom. The van der Waals surface area contributed by atoms with Gasteiger partial charge in [0, 0.05) is 5.33 Å². The average molecular weight is 318 g/mol. The first kappa shape index (κ1) is 14.4. The van der Waals surface area contributed by atoms with Crippen LogP contribution < -0.4 is 4.74 Å². The van der Waals surface area contributed by atoms with Gasteiger partial charge in [-0.1, -0.05) is 15.9 Å². The van der Waals surface area contributed by atoms with Crippen molar-refractivity contribution in [2.75, 3.05) is 13.7 Å². The van der Waals surface area contributed by atoms with Gasteiger partial charge in [0.1, 0.15) is 5.75 Å². The van der Waals surface area contributed by atoms with E-state index in [1.54, 1.807) is 6.92 Å². The number of nitrogens with zero attached hydrogens (tertiary/aromatic N) is 1. The topological polar surface area (TPSA) is 78.7 Å². The number of nitro benzene ring substituents is 1. The van der Waals surface area contributed by atoms with E-state index >= 15 is 0 Å². The summed E-state index contributed by atoms with van der Waals surface area (Å²) in [5.74, 6) is -0.358. The van der Waals surface area contributed by atoms with E-state index in [1.807, 2.05) is 0 Å². The standard InChI is InChI=1S/C11H12BrNO5/c1-3-18-11(14)8-4-7(17-2)5-10(13(15)16)9(8)6-12/h4-5H,3,6H2,1-2H3. The van der Waals surface area contributed by atoms with Crippen molar-refractivity contribution < 1.29 is 19.2 Å². The summed E-state index contributed by atoms with van der Waals surface area (Å²) in [6.07, 6.45) is 0. The van der Waals surface area contributed by atoms with Gasteiger partial charge in [-0.25, -0.2) is 4.79 Å². The minimum absolute atomic E-state index is 0.139. The largest absolute Gasteiger partial charge is 0.496 e. The Kier molecular flexibility index (Phi) is 5.08. The molecule has 0 radical (unpaired) electrons. The number of carbonyl (C=O) groups excluding carboxylic acids is 1. The van der Waals surface area contributed by atoms with Gasteiger partial charge in [0.15, 0.2) is 0 Å². The number of benzene rings is 1. The second kappa shape index (κ2) is 6.34. The Bertz CT molecular complexity index is 475. The van der Waals surface area contributed by atoms with Gasteiger partial charge in [0.2, 0.25) is 0 Å². The number of alkyl halides is 1. The highest BCUT2D eigenvalue weighted by molar-refractivity contribution is 9.08. The van der Waals surface area contributed by atoms with Crippen LogP contribution in [0.4, 0.5) is 5.69 Å². The molecule has 7 heteroatoms. The Balaban J connectivity index is 3.42. The quantitative estimate of drug-likeness (QED) is 0.361. The number of hydrogen-bond donors (Lipinski definition) is 0. The van der Waals surface area contributed by atoms with Crippen molar-refractivity contribution in [1.29, 1.82) is 0 Å². The van der Waals surface area contributed by atoms with Crippen LogP contribution in [-0.2, 0) is 10.1 Å². The number of hydrogen-bond acceptors (Lipinski definition) is 5. The number of nitro groups is 1. The maximum atomic E-state index is 11.7. The molecule has 0 saturated heterocycles. The third-order valence-electron chi connectivity index (χ3n) is 2.26. The number of esters is 1. The molecule has 0 heterocycles. The van der Waals surface area contributed by atoms with Crippen LogP contribution in [0.3, 0.4) is 0 Å². The number of methoxy groups -OCH3 is 1. The van der Waals surface area contributed by atoms with E-state index < -0.39 is 10.9 Å². The molecule has 1 aromatic rings. The summed E-state index contributed by atoms with van der Waals surface area (Å²) < 4.78 is 9.81. The SMILES string of the molecule is CCOC(=O)c1cc(OC)cc([N+](=O)[O-])c1CBr. The van der Waals surface area contributed by atoms with Crippen LogP contribution in [0.15, 0.2) is 12.1 Å². The molecule has 18 heavy (non-hydrogen) atoms. The normalized spacial score (nSPS) is 9.94. The van der Waals surface area contributed by atoms with Gasteiger partial charge in [-0.2, -0.15) is 0 Å². The zero-order valence-electron chi connectivity index (χ0n) is 9.94. The lowest BCUT2D eigenvalue weighted by Crippen LogP contribution is -2.10. The molecule has 0 atom stereocenters. The van der Waals surface area contributed by atoms with E-state index in [2.05, 4.69) is 15.9 Å². The monoisotopic (exact) mass is 317 g/mol. The van der Waals surface area contributed by atoms with E-state index in [-0.39, 0.29) is 34.5 Å². The van der Waals surface area contributed by atoms with Crippen molar-refractivity contribution in [1.82, 2.24) is 0 Å². The summed E-state index contributed by atoms with van der Waals surface area (Å²) in [7, 11) is 1.38. The molecule has 1 rings (SSSR count). The molecule has 0 aliphatic heterocycles. The first-order valence-electron chi connectivity index (χ1n) is 5.13. The summed E-state index contributed by atoms with van der Waals surface area (Å²) in [4.78, 5) is 22.2. The van der Waals surface area contributed by atoms with Gasteiger partial charge in [-0.15, -0.1) is 0 Å². The Labute approximate surface area is 112 Å². The fourth-order valence-electron chi connectivity index (χ4n) is 1.44. The molecule has 0 unspecified atom stereocenters. The predicted octanol–water partition coefficient (Wildman–Crippen LogP) is 2.68. The van der Waals surface area contributed by atoms with Gasteiger partial charge in [-0.3, -0.25) is 10.1 Å². The van der Waals surface area contributed by atoms with Crippen molar-refractivity contribution >= 4 is 27.6 Å². The molecule has 0 amide bonds. The van der Waals surface area contributed by atoms with Gasteiger partial charge in [-0.05, 0) is 13.0 Å². The van der Waals surface area contributed by atoms with Crippen molar-refractivity contribution in [2.45, 2.75) is 12.3 Å². The molecule has 0 spiro atoms. The Hall–Kier alpha value is -1.63. The van der Waals surface area contributed by atoms with Gasteiger partial charge in [0.25, 0.3) is 5.69 Å². The number of carbonyl (C=O) groups is 1. The summed E-state index contributed by atoms with van der Waals surface area (Å²) in [5.41, 5.74) is 0.244. The third kappa shape index (κ3) is 2.98. The smallest absolute Gasteiger partial charge is 0.338 e. The maximum absolute atomic E-state index is 11.7. The van der Waals surface area contributed by atoms with Crippen LogP contribution in [-0.4, -0.2) is 24.6 Å². The molecule has 0 fully saturated rings. The number of rotatable bonds is 5. The molecule has 1 aromatic carbocycles. The first-order chi connectivity index (χ1) is 8.54. The molecule has 0 aromatic heterocycles. The van der Waals surface area contributed by atoms with Crippen LogP contribution in [0, 0.1) is 10.1 Å². The minimum Gasteiger partial charge on any atom is -0.496 e. The second-order valence-electron chi connectivity index (χ2n) is 3.28. The van der Waals surface area contributed by atoms with Gasteiger partial charge < -0.3 is 9.47 Å². The highest BCUT2D eigenvalue weighted by Crippen LogP contribution is 2.30. The number of halogens is 1. The van der Waals surface area contributed by atoms with E-state index in [0.717, 1.165) is 0 Å². The lowest BCUT2D eigenvalue weighted by molar-refractivity contribution is -0.385. The predicted molar refractivity (Wildman–Crippen MR) is 68.2 cm³/mol. The van der Waals surface area contributed by atoms with Crippen molar-refractivity contribution in [3.8, 4) is 5.75 Å². The summed E-state index contributed by atoms with van der Waals surface area (Å²) >= 11 is 3.14. The van der Waals surface area contributed by atoms with Crippen LogP contribution in [0.25, 0.3) is 0 Å². The Morgan fingerprint density at radius 1 is 1.50 bits per heavy atom. The van der Waals surface area contributed by atoms with E-state index in [1.165, 1.54) is 19.2 Å². The molecule has 0 bridgehead atoms. The molecule has 98 valence electrons. The van der Waals surface area contributed by atoms with Gasteiger partial charge >= 0.3 is 5.97 Å². The molecule has 0 N–H and O–H groups in total. The molecular weight excluding hydrogens is 306 g/mol. The lowest BCUT2D eigenvalue weighted by atomic mass is 10.1. The first-order valence-corrected chi connectivity index (χ1v) is 6.25. The maximum Gasteiger partial charge on any atom is 0.338 e. The zero-order chi connectivity index (χ0) is 13.7. The van der Waals surface area contributed by atoms with Crippen molar-refractivity contribution in [3.05, 3.63) is 33.4 Å². The number of ether oxygens (including phenoxy) is 2. The molecular formula is C11H12BrNO5. The molecule has 6 nitrogen and oxygen atoms in total. The molecule has 0 aliphatic carbocycles. The summed E-state index contributed by atoms with van der Waals surface area (Å²) in [5, 5.41) is 11.1. The van der Waals surface area contributed by atoms with E-state index in [4.69, 9.17) is 9.47 Å². The lowest BCUT2D eigenvalue weighted by Gasteiger charge is -2.09. The van der Waals surface area contributed by atoms with E-state index in [0.29, 0.717) is 0 Å². The van der Waals surface area contributed by atoms with E-state index in [9.17, 15) is 14.9 Å². The van der Waals surface area contributed by atoms with Crippen LogP contribution in [0.1, 0.15) is 22.8 Å². The van der Waals surface area contributed by atoms with Gasteiger partial charge in [0.05, 0.1) is 35.8 Å². The summed E-state index contributed by atoms with van der Waals surface area (Å²) in [6.45, 7) is 1.87. The highest BCUT2D eigenvalue weighted by Gasteiger charge is 2.23. The average Bonchev–Trinajstić information content (AvgIpc) is 2.37. The van der Waals surface area contributed by atoms with Crippen molar-refractivity contribution in [2.24, 2.45) is 0 Å². The summed E-state index contributed by atoms with van der Waals surface area (Å²) in [6, 6.07) is 2.71. The van der Waals surface area contributed by atoms with Crippen LogP contribution in [0.2, 0.25) is 0 Å². The second-order valence-corrected chi connectivity index (χ2v) is 3.84. The van der Waals surface area contributed by atoms with Crippen LogP contribution in [0.5, 0.6) is 5.75 Å². The molecule has 0 aliphatic rings. The van der Waals surface area contributed by atoms with Crippen molar-refractivity contribution in [3.63, 3.8) is 0 Å². The third-order valence-corrected chi connectivity index (χ3v) is 2.82. The molecule has 0 saturated carbocycles. The Morgan fingerprint density at radius 2 is 2.17 bits per heavy atom. The van der Waals surface area contributed by atoms with Crippen LogP contribution >= 0.6 is 15.9 Å². The fraction of sp³-hybridized carbons (Fsp3) is 0.364. The minimum atomic E-state index is -0.603.